The molecule has 0 spiro atoms. The number of likely N-dealkylation sites (N-methyl/N-ethyl adjacent to an activating group) is 1. The summed E-state index contributed by atoms with van der Waals surface area (Å²) < 4.78 is 7.78. The predicted molar refractivity (Wildman–Crippen MR) is 74.0 cm³/mol. The number of ether oxygens (including phenoxy) is 1. The Hall–Kier alpha value is -0.910. The number of hydrogen-bond acceptors (Lipinski definition) is 4. The highest BCUT2D eigenvalue weighted by atomic mass is 16.5. The molecule has 3 rings (SSSR count). The van der Waals surface area contributed by atoms with Crippen LogP contribution in [0.3, 0.4) is 0 Å². The Labute approximate surface area is 115 Å². The molecule has 5 nitrogen and oxygen atoms in total. The summed E-state index contributed by atoms with van der Waals surface area (Å²) in [5, 5.41) is 4.26. The molecular formula is C14H24N4O. The van der Waals surface area contributed by atoms with Crippen molar-refractivity contribution in [1.29, 1.82) is 0 Å². The van der Waals surface area contributed by atoms with Gasteiger partial charge in [0.25, 0.3) is 0 Å². The van der Waals surface area contributed by atoms with Gasteiger partial charge in [0.15, 0.2) is 0 Å². The van der Waals surface area contributed by atoms with Crippen LogP contribution in [0.25, 0.3) is 0 Å². The highest BCUT2D eigenvalue weighted by molar-refractivity contribution is 4.85. The first-order chi connectivity index (χ1) is 9.31. The maximum Gasteiger partial charge on any atom is 0.0634 e. The van der Waals surface area contributed by atoms with E-state index < -0.39 is 0 Å². The van der Waals surface area contributed by atoms with Gasteiger partial charge in [-0.3, -0.25) is 9.58 Å². The molecule has 0 aromatic carbocycles. The molecule has 5 heteroatoms. The van der Waals surface area contributed by atoms with E-state index in [-0.39, 0.29) is 0 Å². The van der Waals surface area contributed by atoms with E-state index in [0.29, 0.717) is 12.0 Å². The van der Waals surface area contributed by atoms with Gasteiger partial charge < -0.3 is 9.64 Å². The van der Waals surface area contributed by atoms with Crippen LogP contribution in [0.2, 0.25) is 0 Å². The van der Waals surface area contributed by atoms with Crippen molar-refractivity contribution in [3.63, 3.8) is 0 Å². The van der Waals surface area contributed by atoms with E-state index in [1.165, 1.54) is 26.1 Å². The number of nitrogens with zero attached hydrogens (tertiary/aromatic N) is 4. The minimum Gasteiger partial charge on any atom is -0.379 e. The molecule has 2 atom stereocenters. The third-order valence-corrected chi connectivity index (χ3v) is 4.24. The first-order valence-electron chi connectivity index (χ1n) is 7.29. The molecule has 0 saturated carbocycles. The van der Waals surface area contributed by atoms with E-state index in [1.807, 2.05) is 23.1 Å². The van der Waals surface area contributed by atoms with Crippen molar-refractivity contribution >= 4 is 0 Å². The second-order valence-electron chi connectivity index (χ2n) is 5.88. The first-order valence-corrected chi connectivity index (χ1v) is 7.29. The molecule has 2 bridgehead atoms. The number of hydrogen-bond donors (Lipinski definition) is 0. The Bertz CT molecular complexity index is 381. The van der Waals surface area contributed by atoms with Gasteiger partial charge in [0, 0.05) is 50.5 Å². The van der Waals surface area contributed by atoms with Gasteiger partial charge in [0.1, 0.15) is 0 Å². The summed E-state index contributed by atoms with van der Waals surface area (Å²) in [4.78, 5) is 5.09. The largest absolute Gasteiger partial charge is 0.379 e. The maximum absolute atomic E-state index is 5.76. The van der Waals surface area contributed by atoms with Crippen molar-refractivity contribution in [3.8, 4) is 0 Å². The molecule has 106 valence electrons. The van der Waals surface area contributed by atoms with Gasteiger partial charge in [0.05, 0.1) is 13.2 Å². The van der Waals surface area contributed by atoms with Crippen LogP contribution >= 0.6 is 0 Å². The maximum atomic E-state index is 5.76. The number of aryl methyl sites for hydroxylation is 1. The standard InChI is InChI=1S/C14H24N4O/c1-16-8-13-9-17(10-14(16)12-19-11-13)5-3-7-18-6-2-4-15-18/h2,4,6,13-14H,3,5,7-12H2,1H3/t13-,14+/m1/s1. The van der Waals surface area contributed by atoms with Gasteiger partial charge in [-0.25, -0.2) is 0 Å². The predicted octanol–water partition coefficient (Wildman–Crippen LogP) is 0.536. The fourth-order valence-corrected chi connectivity index (χ4v) is 3.22. The van der Waals surface area contributed by atoms with Crippen LogP contribution in [0.1, 0.15) is 6.42 Å². The molecule has 0 radical (unpaired) electrons. The number of fused-ring (bicyclic) bond motifs is 3. The van der Waals surface area contributed by atoms with Gasteiger partial charge in [-0.1, -0.05) is 0 Å². The zero-order chi connectivity index (χ0) is 13.1. The molecule has 2 aliphatic heterocycles. The highest BCUT2D eigenvalue weighted by Crippen LogP contribution is 2.18. The van der Waals surface area contributed by atoms with Crippen molar-refractivity contribution in [1.82, 2.24) is 19.6 Å². The van der Waals surface area contributed by atoms with Crippen LogP contribution in [-0.2, 0) is 11.3 Å². The lowest BCUT2D eigenvalue weighted by Gasteiger charge is -2.29. The van der Waals surface area contributed by atoms with E-state index in [1.54, 1.807) is 0 Å². The lowest BCUT2D eigenvalue weighted by molar-refractivity contribution is 0.0531. The number of aromatic nitrogens is 2. The lowest BCUT2D eigenvalue weighted by atomic mass is 10.1. The lowest BCUT2D eigenvalue weighted by Crippen LogP contribution is -2.42. The molecule has 0 N–H and O–H groups in total. The molecule has 2 fully saturated rings. The molecular weight excluding hydrogens is 240 g/mol. The molecule has 3 heterocycles. The van der Waals surface area contributed by atoms with E-state index in [2.05, 4.69) is 21.9 Å². The summed E-state index contributed by atoms with van der Waals surface area (Å²) >= 11 is 0. The monoisotopic (exact) mass is 264 g/mol. The quantitative estimate of drug-likeness (QED) is 0.794. The van der Waals surface area contributed by atoms with E-state index in [9.17, 15) is 0 Å². The smallest absolute Gasteiger partial charge is 0.0634 e. The van der Waals surface area contributed by atoms with Crippen molar-refractivity contribution in [2.45, 2.75) is 19.0 Å². The molecule has 1 aromatic heterocycles. The van der Waals surface area contributed by atoms with Gasteiger partial charge in [-0.15, -0.1) is 0 Å². The van der Waals surface area contributed by atoms with Crippen LogP contribution in [0, 0.1) is 5.92 Å². The average molecular weight is 264 g/mol. The number of rotatable bonds is 4. The third-order valence-electron chi connectivity index (χ3n) is 4.24. The molecule has 2 saturated heterocycles. The highest BCUT2D eigenvalue weighted by Gasteiger charge is 2.30. The second kappa shape index (κ2) is 6.03. The van der Waals surface area contributed by atoms with Crippen LogP contribution in [0.15, 0.2) is 18.5 Å². The zero-order valence-corrected chi connectivity index (χ0v) is 11.7. The van der Waals surface area contributed by atoms with Gasteiger partial charge in [0.2, 0.25) is 0 Å². The van der Waals surface area contributed by atoms with E-state index in [0.717, 1.165) is 26.3 Å². The summed E-state index contributed by atoms with van der Waals surface area (Å²) in [7, 11) is 2.24. The van der Waals surface area contributed by atoms with Crippen molar-refractivity contribution in [3.05, 3.63) is 18.5 Å². The second-order valence-corrected chi connectivity index (χ2v) is 5.88. The Morgan fingerprint density at radius 2 is 2.16 bits per heavy atom. The average Bonchev–Trinajstić information content (AvgIpc) is 2.75. The summed E-state index contributed by atoms with van der Waals surface area (Å²) in [5.74, 6) is 0.669. The zero-order valence-electron chi connectivity index (χ0n) is 11.7. The first kappa shape index (κ1) is 13.1. The van der Waals surface area contributed by atoms with Crippen molar-refractivity contribution < 1.29 is 4.74 Å². The minimum atomic E-state index is 0.567. The molecule has 1 aromatic rings. The summed E-state index contributed by atoms with van der Waals surface area (Å²) in [6, 6.07) is 2.56. The van der Waals surface area contributed by atoms with Crippen LogP contribution in [-0.4, -0.2) is 72.1 Å². The van der Waals surface area contributed by atoms with Crippen LogP contribution in [0.4, 0.5) is 0 Å². The Balaban J connectivity index is 1.51. The van der Waals surface area contributed by atoms with Gasteiger partial charge in [-0.05, 0) is 26.1 Å². The fourth-order valence-electron chi connectivity index (χ4n) is 3.22. The minimum absolute atomic E-state index is 0.567. The summed E-state index contributed by atoms with van der Waals surface area (Å²) in [6.45, 7) is 7.51. The van der Waals surface area contributed by atoms with Crippen LogP contribution in [0.5, 0.6) is 0 Å². The normalized spacial score (nSPS) is 29.3. The Morgan fingerprint density at radius 3 is 3.00 bits per heavy atom. The Morgan fingerprint density at radius 1 is 1.21 bits per heavy atom. The summed E-state index contributed by atoms with van der Waals surface area (Å²) in [5.41, 5.74) is 0. The molecule has 2 aliphatic rings. The van der Waals surface area contributed by atoms with E-state index >= 15 is 0 Å². The van der Waals surface area contributed by atoms with Crippen molar-refractivity contribution in [2.24, 2.45) is 5.92 Å². The fraction of sp³-hybridized carbons (Fsp3) is 0.786. The van der Waals surface area contributed by atoms with Gasteiger partial charge in [-0.2, -0.15) is 5.10 Å². The summed E-state index contributed by atoms with van der Waals surface area (Å²) in [6.07, 6.45) is 5.06. The Kier molecular flexibility index (Phi) is 4.15. The van der Waals surface area contributed by atoms with E-state index in [4.69, 9.17) is 4.74 Å². The van der Waals surface area contributed by atoms with Crippen molar-refractivity contribution in [2.75, 3.05) is 46.4 Å². The molecule has 0 amide bonds. The van der Waals surface area contributed by atoms with Crippen LogP contribution < -0.4 is 0 Å². The topological polar surface area (TPSA) is 33.5 Å². The molecule has 19 heavy (non-hydrogen) atoms. The third kappa shape index (κ3) is 3.35. The van der Waals surface area contributed by atoms with Gasteiger partial charge >= 0.3 is 0 Å². The SMILES string of the molecule is CN1C[C@H]2COC[C@@H]1CN(CCCn1cccn1)C2. The molecule has 0 unspecified atom stereocenters. The molecule has 0 aliphatic carbocycles.